The van der Waals surface area contributed by atoms with Gasteiger partial charge in [0, 0.05) is 32.2 Å². The first-order valence-corrected chi connectivity index (χ1v) is 9.18. The molecule has 1 aromatic carbocycles. The molecule has 1 atom stereocenters. The number of nitrogens with zero attached hydrogens (tertiary/aromatic N) is 2. The second kappa shape index (κ2) is 10.00. The molecule has 1 N–H and O–H groups in total. The lowest BCUT2D eigenvalue weighted by Crippen LogP contribution is -2.57. The van der Waals surface area contributed by atoms with Crippen molar-refractivity contribution in [2.45, 2.75) is 25.3 Å². The van der Waals surface area contributed by atoms with Crippen molar-refractivity contribution in [3.63, 3.8) is 0 Å². The van der Waals surface area contributed by atoms with Crippen molar-refractivity contribution in [3.8, 4) is 5.75 Å². The summed E-state index contributed by atoms with van der Waals surface area (Å²) in [6.07, 6.45) is 2.21. The average molecular weight is 402 g/mol. The van der Waals surface area contributed by atoms with Crippen LogP contribution in [0.2, 0.25) is 5.02 Å². The van der Waals surface area contributed by atoms with Gasteiger partial charge in [0.05, 0.1) is 24.6 Å². The van der Waals surface area contributed by atoms with Gasteiger partial charge in [-0.1, -0.05) is 23.7 Å². The van der Waals surface area contributed by atoms with Crippen molar-refractivity contribution in [2.24, 2.45) is 0 Å². The number of hydrogen-bond acceptors (Lipinski definition) is 4. The van der Waals surface area contributed by atoms with Gasteiger partial charge < -0.3 is 19.9 Å². The normalized spacial score (nSPS) is 20.5. The molecule has 2 fully saturated rings. The molecule has 1 unspecified atom stereocenters. The number of nitrogens with one attached hydrogen (secondary N) is 1. The lowest BCUT2D eigenvalue weighted by molar-refractivity contribution is -0.140. The molecule has 0 spiro atoms. The predicted molar refractivity (Wildman–Crippen MR) is 103 cm³/mol. The number of piperazine rings is 1. The van der Waals surface area contributed by atoms with E-state index in [1.165, 1.54) is 0 Å². The molecule has 8 heteroatoms. The van der Waals surface area contributed by atoms with Gasteiger partial charge in [-0.05, 0) is 25.0 Å². The molecule has 0 aromatic heterocycles. The SMILES string of the molecule is Cl.O=C(CCOc1ccccc1Cl)N1CCCC(N2CCNCC2=O)C1. The quantitative estimate of drug-likeness (QED) is 0.818. The molecule has 0 bridgehead atoms. The fourth-order valence-corrected chi connectivity index (χ4v) is 3.60. The number of halogens is 2. The molecule has 0 saturated carbocycles. The summed E-state index contributed by atoms with van der Waals surface area (Å²) in [5.41, 5.74) is 0. The third kappa shape index (κ3) is 5.25. The number of amides is 2. The fourth-order valence-electron chi connectivity index (χ4n) is 3.41. The van der Waals surface area contributed by atoms with E-state index in [1.807, 2.05) is 21.9 Å². The Morgan fingerprint density at radius 1 is 1.31 bits per heavy atom. The van der Waals surface area contributed by atoms with Gasteiger partial charge in [0.15, 0.2) is 0 Å². The number of ether oxygens (including phenoxy) is 1. The summed E-state index contributed by atoms with van der Waals surface area (Å²) in [4.78, 5) is 28.3. The average Bonchev–Trinajstić information content (AvgIpc) is 2.64. The number of piperidine rings is 1. The molecular formula is C18H25Cl2N3O3. The van der Waals surface area contributed by atoms with Gasteiger partial charge in [-0.25, -0.2) is 0 Å². The number of para-hydroxylation sites is 1. The molecule has 3 rings (SSSR count). The molecular weight excluding hydrogens is 377 g/mol. The van der Waals surface area contributed by atoms with E-state index in [-0.39, 0.29) is 30.3 Å². The maximum Gasteiger partial charge on any atom is 0.236 e. The van der Waals surface area contributed by atoms with Crippen LogP contribution in [-0.4, -0.2) is 67.0 Å². The molecule has 144 valence electrons. The minimum Gasteiger partial charge on any atom is -0.491 e. The Balaban J connectivity index is 0.00000243. The molecule has 2 aliphatic rings. The van der Waals surface area contributed by atoms with Crippen molar-refractivity contribution in [3.05, 3.63) is 29.3 Å². The number of rotatable bonds is 5. The Morgan fingerprint density at radius 3 is 2.88 bits per heavy atom. The third-order valence-corrected chi connectivity index (χ3v) is 5.04. The number of hydrogen-bond donors (Lipinski definition) is 1. The largest absolute Gasteiger partial charge is 0.491 e. The van der Waals surface area contributed by atoms with Crippen molar-refractivity contribution in [1.29, 1.82) is 0 Å². The monoisotopic (exact) mass is 401 g/mol. The van der Waals surface area contributed by atoms with E-state index in [4.69, 9.17) is 16.3 Å². The first-order chi connectivity index (χ1) is 12.1. The Kier molecular flexibility index (Phi) is 8.00. The highest BCUT2D eigenvalue weighted by Crippen LogP contribution is 2.23. The number of carbonyl (C=O) groups excluding carboxylic acids is 2. The molecule has 2 amide bonds. The Morgan fingerprint density at radius 2 is 2.12 bits per heavy atom. The van der Waals surface area contributed by atoms with Gasteiger partial charge in [0.1, 0.15) is 5.75 Å². The summed E-state index contributed by atoms with van der Waals surface area (Å²) in [5, 5.41) is 3.63. The maximum absolute atomic E-state index is 12.5. The molecule has 6 nitrogen and oxygen atoms in total. The summed E-state index contributed by atoms with van der Waals surface area (Å²) in [7, 11) is 0. The van der Waals surface area contributed by atoms with E-state index in [1.54, 1.807) is 12.1 Å². The van der Waals surface area contributed by atoms with E-state index >= 15 is 0 Å². The summed E-state index contributed by atoms with van der Waals surface area (Å²) >= 11 is 6.04. The van der Waals surface area contributed by atoms with Crippen LogP contribution in [0.4, 0.5) is 0 Å². The Hall–Kier alpha value is -1.50. The fraction of sp³-hybridized carbons (Fsp3) is 0.556. The van der Waals surface area contributed by atoms with Gasteiger partial charge in [0.2, 0.25) is 11.8 Å². The van der Waals surface area contributed by atoms with Crippen molar-refractivity contribution in [1.82, 2.24) is 15.1 Å². The maximum atomic E-state index is 12.5. The molecule has 2 saturated heterocycles. The first kappa shape index (κ1) is 20.8. The summed E-state index contributed by atoms with van der Waals surface area (Å²) in [6, 6.07) is 7.38. The Labute approximate surface area is 165 Å². The van der Waals surface area contributed by atoms with Crippen molar-refractivity contribution >= 4 is 35.8 Å². The van der Waals surface area contributed by atoms with Gasteiger partial charge in [-0.3, -0.25) is 9.59 Å². The van der Waals surface area contributed by atoms with Crippen LogP contribution in [0, 0.1) is 0 Å². The lowest BCUT2D eigenvalue weighted by atomic mass is 10.0. The van der Waals surface area contributed by atoms with Crippen LogP contribution in [0.1, 0.15) is 19.3 Å². The zero-order chi connectivity index (χ0) is 17.6. The highest BCUT2D eigenvalue weighted by atomic mass is 35.5. The molecule has 2 heterocycles. The number of benzene rings is 1. The van der Waals surface area contributed by atoms with Crippen LogP contribution >= 0.6 is 24.0 Å². The topological polar surface area (TPSA) is 61.9 Å². The van der Waals surface area contributed by atoms with Crippen LogP contribution in [-0.2, 0) is 9.59 Å². The smallest absolute Gasteiger partial charge is 0.236 e. The van der Waals surface area contributed by atoms with Gasteiger partial charge in [-0.2, -0.15) is 0 Å². The summed E-state index contributed by atoms with van der Waals surface area (Å²) in [6.45, 7) is 3.62. The molecule has 26 heavy (non-hydrogen) atoms. The predicted octanol–water partition coefficient (Wildman–Crippen LogP) is 1.95. The van der Waals surface area contributed by atoms with E-state index < -0.39 is 0 Å². The molecule has 2 aliphatic heterocycles. The molecule has 0 radical (unpaired) electrons. The standard InChI is InChI=1S/C18H24ClN3O3.ClH/c19-15-5-1-2-6-16(15)25-11-7-17(23)21-9-3-4-14(13-21)22-10-8-20-12-18(22)24;/h1-2,5-6,14,20H,3-4,7-13H2;1H. The van der Waals surface area contributed by atoms with Gasteiger partial charge >= 0.3 is 0 Å². The van der Waals surface area contributed by atoms with Crippen LogP contribution in [0.3, 0.4) is 0 Å². The lowest BCUT2D eigenvalue weighted by Gasteiger charge is -2.41. The summed E-state index contributed by atoms with van der Waals surface area (Å²) in [5.74, 6) is 0.798. The number of carbonyl (C=O) groups is 2. The van der Waals surface area contributed by atoms with E-state index in [2.05, 4.69) is 5.32 Å². The minimum absolute atomic E-state index is 0. The highest BCUT2D eigenvalue weighted by molar-refractivity contribution is 6.32. The van der Waals surface area contributed by atoms with Gasteiger partial charge in [0.25, 0.3) is 0 Å². The first-order valence-electron chi connectivity index (χ1n) is 8.80. The van der Waals surface area contributed by atoms with Crippen molar-refractivity contribution < 1.29 is 14.3 Å². The zero-order valence-corrected chi connectivity index (χ0v) is 16.2. The second-order valence-electron chi connectivity index (χ2n) is 6.43. The van der Waals surface area contributed by atoms with Crippen molar-refractivity contribution in [2.75, 3.05) is 39.3 Å². The van der Waals surface area contributed by atoms with E-state index in [0.29, 0.717) is 36.9 Å². The number of likely N-dealkylation sites (tertiary alicyclic amines) is 1. The molecule has 1 aromatic rings. The van der Waals surface area contributed by atoms with Gasteiger partial charge in [-0.15, -0.1) is 12.4 Å². The minimum atomic E-state index is 0. The third-order valence-electron chi connectivity index (χ3n) is 4.73. The van der Waals surface area contributed by atoms with E-state index in [9.17, 15) is 9.59 Å². The zero-order valence-electron chi connectivity index (χ0n) is 14.7. The Bertz CT molecular complexity index is 629. The highest BCUT2D eigenvalue weighted by Gasteiger charge is 2.31. The summed E-state index contributed by atoms with van der Waals surface area (Å²) < 4.78 is 5.61. The van der Waals surface area contributed by atoms with Crippen LogP contribution in [0.15, 0.2) is 24.3 Å². The van der Waals surface area contributed by atoms with Crippen LogP contribution < -0.4 is 10.1 Å². The van der Waals surface area contributed by atoms with Crippen LogP contribution in [0.25, 0.3) is 0 Å². The van der Waals surface area contributed by atoms with Crippen LogP contribution in [0.5, 0.6) is 5.75 Å². The second-order valence-corrected chi connectivity index (χ2v) is 6.84. The molecule has 0 aliphatic carbocycles. The van der Waals surface area contributed by atoms with E-state index in [0.717, 1.165) is 32.5 Å².